The quantitative estimate of drug-likeness (QED) is 0.0222. The molecule has 0 fully saturated rings. The highest BCUT2D eigenvalue weighted by molar-refractivity contribution is 7.47. The summed E-state index contributed by atoms with van der Waals surface area (Å²) < 4.78 is 68.9. The molecule has 618 valence electrons. The van der Waals surface area contributed by atoms with Crippen LogP contribution in [0.25, 0.3) is 0 Å². The molecular formula is C85H166O17P2. The molecule has 0 rings (SSSR count). The third-order valence-electron chi connectivity index (χ3n) is 20.2. The minimum Gasteiger partial charge on any atom is -0.462 e. The summed E-state index contributed by atoms with van der Waals surface area (Å²) in [7, 11) is -9.93. The Hall–Kier alpha value is -1.94. The van der Waals surface area contributed by atoms with Crippen molar-refractivity contribution < 1.29 is 80.2 Å². The molecule has 3 unspecified atom stereocenters. The van der Waals surface area contributed by atoms with Gasteiger partial charge < -0.3 is 33.8 Å². The highest BCUT2D eigenvalue weighted by Gasteiger charge is 2.30. The average Bonchev–Trinajstić information content (AvgIpc) is 0.908. The Labute approximate surface area is 638 Å². The van der Waals surface area contributed by atoms with Gasteiger partial charge in [0, 0.05) is 25.7 Å². The fourth-order valence-electron chi connectivity index (χ4n) is 13.1. The van der Waals surface area contributed by atoms with Crippen LogP contribution < -0.4 is 0 Å². The van der Waals surface area contributed by atoms with E-state index in [9.17, 15) is 43.2 Å². The number of carbonyl (C=O) groups excluding carboxylic acids is 4. The lowest BCUT2D eigenvalue weighted by Gasteiger charge is -2.21. The van der Waals surface area contributed by atoms with Crippen LogP contribution in [0.15, 0.2) is 0 Å². The largest absolute Gasteiger partial charge is 0.472 e. The van der Waals surface area contributed by atoms with Crippen LogP contribution in [0.2, 0.25) is 0 Å². The molecule has 6 atom stereocenters. The lowest BCUT2D eigenvalue weighted by molar-refractivity contribution is -0.161. The molecule has 0 spiro atoms. The Morgan fingerprint density at radius 2 is 0.462 bits per heavy atom. The van der Waals surface area contributed by atoms with Crippen LogP contribution >= 0.6 is 15.6 Å². The first-order valence-electron chi connectivity index (χ1n) is 43.7. The first-order valence-corrected chi connectivity index (χ1v) is 46.7. The SMILES string of the molecule is CCC(C)CCCCCCCCC(=O)OC[C@H](COP(=O)(O)OC[C@H](O)COP(=O)(O)OC[C@@H](COC(=O)CCCCCCCCCCCCCCCCC(C)C)OC(=O)CCCCCCCCCCCCCCCC(C)C)OC(=O)CCCCCCCCCCCCCCCCCCCCC(C)C. The first kappa shape index (κ1) is 102. The number of carbonyl (C=O) groups is 4. The summed E-state index contributed by atoms with van der Waals surface area (Å²) in [5.41, 5.74) is 0. The minimum absolute atomic E-state index is 0.107. The van der Waals surface area contributed by atoms with E-state index in [1.165, 1.54) is 238 Å². The van der Waals surface area contributed by atoms with E-state index in [0.717, 1.165) is 120 Å². The molecule has 17 nitrogen and oxygen atoms in total. The van der Waals surface area contributed by atoms with Crippen molar-refractivity contribution in [1.29, 1.82) is 0 Å². The molecule has 0 radical (unpaired) electrons. The normalized spacial score (nSPS) is 14.2. The number of hydrogen-bond acceptors (Lipinski definition) is 15. The molecule has 3 N–H and O–H groups in total. The Balaban J connectivity index is 5.22. The average molecular weight is 1520 g/mol. The molecular weight excluding hydrogens is 1350 g/mol. The van der Waals surface area contributed by atoms with Crippen LogP contribution in [0.5, 0.6) is 0 Å². The van der Waals surface area contributed by atoms with E-state index in [0.29, 0.717) is 25.7 Å². The fourth-order valence-corrected chi connectivity index (χ4v) is 14.7. The van der Waals surface area contributed by atoms with Gasteiger partial charge in [-0.1, -0.05) is 389 Å². The summed E-state index contributed by atoms with van der Waals surface area (Å²) >= 11 is 0. The van der Waals surface area contributed by atoms with Crippen molar-refractivity contribution >= 4 is 39.5 Å². The number of rotatable bonds is 82. The molecule has 0 saturated heterocycles. The topological polar surface area (TPSA) is 237 Å². The van der Waals surface area contributed by atoms with Crippen LogP contribution in [0.1, 0.15) is 441 Å². The lowest BCUT2D eigenvalue weighted by atomic mass is 10.00. The molecule has 0 aromatic rings. The Morgan fingerprint density at radius 1 is 0.269 bits per heavy atom. The Morgan fingerprint density at radius 3 is 0.683 bits per heavy atom. The number of phosphoric ester groups is 2. The molecule has 0 aliphatic rings. The second-order valence-corrected chi connectivity index (χ2v) is 35.2. The number of phosphoric acid groups is 2. The summed E-state index contributed by atoms with van der Waals surface area (Å²) in [6, 6.07) is 0. The van der Waals surface area contributed by atoms with Crippen LogP contribution in [0.3, 0.4) is 0 Å². The fraction of sp³-hybridized carbons (Fsp3) is 0.953. The maximum atomic E-state index is 13.1. The second kappa shape index (κ2) is 73.8. The number of aliphatic hydroxyl groups is 1. The van der Waals surface area contributed by atoms with Gasteiger partial charge in [0.1, 0.15) is 19.3 Å². The third-order valence-corrected chi connectivity index (χ3v) is 22.1. The van der Waals surface area contributed by atoms with Crippen molar-refractivity contribution in [3.63, 3.8) is 0 Å². The second-order valence-electron chi connectivity index (χ2n) is 32.2. The van der Waals surface area contributed by atoms with E-state index in [-0.39, 0.29) is 25.7 Å². The van der Waals surface area contributed by atoms with Gasteiger partial charge in [0.25, 0.3) is 0 Å². The van der Waals surface area contributed by atoms with Crippen LogP contribution in [0, 0.1) is 23.7 Å². The van der Waals surface area contributed by atoms with E-state index in [2.05, 4.69) is 55.4 Å². The highest BCUT2D eigenvalue weighted by atomic mass is 31.2. The van der Waals surface area contributed by atoms with Crippen molar-refractivity contribution in [1.82, 2.24) is 0 Å². The molecule has 0 heterocycles. The molecule has 0 aliphatic heterocycles. The zero-order chi connectivity index (χ0) is 76.7. The minimum atomic E-state index is -4.96. The monoisotopic (exact) mass is 1520 g/mol. The molecule has 0 aromatic heterocycles. The van der Waals surface area contributed by atoms with Gasteiger partial charge in [-0.3, -0.25) is 37.3 Å². The van der Waals surface area contributed by atoms with Gasteiger partial charge in [-0.25, -0.2) is 9.13 Å². The van der Waals surface area contributed by atoms with E-state index < -0.39 is 97.5 Å². The summed E-state index contributed by atoms with van der Waals surface area (Å²) in [5.74, 6) is 1.03. The van der Waals surface area contributed by atoms with Gasteiger partial charge in [-0.05, 0) is 49.4 Å². The smallest absolute Gasteiger partial charge is 0.462 e. The van der Waals surface area contributed by atoms with E-state index in [1.807, 2.05) is 0 Å². The number of ether oxygens (including phenoxy) is 4. The Bertz CT molecular complexity index is 2030. The molecule has 19 heteroatoms. The summed E-state index contributed by atoms with van der Waals surface area (Å²) in [6.45, 7) is 14.3. The summed E-state index contributed by atoms with van der Waals surface area (Å²) in [4.78, 5) is 73.2. The zero-order valence-electron chi connectivity index (χ0n) is 68.7. The van der Waals surface area contributed by atoms with Gasteiger partial charge >= 0.3 is 39.5 Å². The maximum absolute atomic E-state index is 13.1. The summed E-state index contributed by atoms with van der Waals surface area (Å²) in [5, 5.41) is 10.7. The van der Waals surface area contributed by atoms with E-state index in [1.54, 1.807) is 0 Å². The van der Waals surface area contributed by atoms with Crippen LogP contribution in [-0.2, 0) is 65.4 Å². The van der Waals surface area contributed by atoms with Crippen molar-refractivity contribution in [2.75, 3.05) is 39.6 Å². The number of hydrogen-bond donors (Lipinski definition) is 3. The van der Waals surface area contributed by atoms with Gasteiger partial charge in [0.15, 0.2) is 12.2 Å². The van der Waals surface area contributed by atoms with Crippen LogP contribution in [-0.4, -0.2) is 96.7 Å². The number of unbranched alkanes of at least 4 members (excludes halogenated alkanes) is 47. The highest BCUT2D eigenvalue weighted by Crippen LogP contribution is 2.45. The number of esters is 4. The van der Waals surface area contributed by atoms with Gasteiger partial charge in [0.2, 0.25) is 0 Å². The van der Waals surface area contributed by atoms with Crippen molar-refractivity contribution in [3.8, 4) is 0 Å². The van der Waals surface area contributed by atoms with Gasteiger partial charge in [-0.2, -0.15) is 0 Å². The molecule has 0 amide bonds. The van der Waals surface area contributed by atoms with Crippen LogP contribution in [0.4, 0.5) is 0 Å². The molecule has 0 aliphatic carbocycles. The Kier molecular flexibility index (Phi) is 72.5. The standard InChI is InChI=1S/C85H166O17P2/c1-9-78(8)64-56-48-43-44-50-58-66-83(88)96-72-81(102-85(90)67-59-51-41-35-29-23-15-13-11-10-12-14-19-25-31-37-45-53-61-75(2)3)74-100-104(93,94)98-70-79(86)69-97-103(91,92)99-73-80(101-84(89)68-60-52-42-36-30-24-18-21-27-33-39-47-55-63-77(6)7)71-95-82(87)65-57-49-40-34-28-22-17-16-20-26-32-38-46-54-62-76(4)5/h75-81,86H,9-74H2,1-8H3,(H,91,92)(H,93,94)/t78?,79-,80-,81-/m1/s1. The zero-order valence-corrected chi connectivity index (χ0v) is 70.5. The molecule has 0 bridgehead atoms. The first-order chi connectivity index (χ1) is 50.1. The van der Waals surface area contributed by atoms with E-state index >= 15 is 0 Å². The third kappa shape index (κ3) is 76.8. The van der Waals surface area contributed by atoms with Crippen molar-refractivity contribution in [2.45, 2.75) is 459 Å². The molecule has 0 saturated carbocycles. The predicted octanol–water partition coefficient (Wildman–Crippen LogP) is 25.6. The van der Waals surface area contributed by atoms with Crippen molar-refractivity contribution in [3.05, 3.63) is 0 Å². The van der Waals surface area contributed by atoms with Gasteiger partial charge in [-0.15, -0.1) is 0 Å². The van der Waals surface area contributed by atoms with Crippen molar-refractivity contribution in [2.24, 2.45) is 23.7 Å². The molecule has 104 heavy (non-hydrogen) atoms. The lowest BCUT2D eigenvalue weighted by Crippen LogP contribution is -2.30. The number of aliphatic hydroxyl groups excluding tert-OH is 1. The molecule has 0 aromatic carbocycles. The summed E-state index contributed by atoms with van der Waals surface area (Å²) in [6.07, 6.45) is 62.5. The predicted molar refractivity (Wildman–Crippen MR) is 428 cm³/mol. The maximum Gasteiger partial charge on any atom is 0.472 e. The van der Waals surface area contributed by atoms with Gasteiger partial charge in [0.05, 0.1) is 26.4 Å². The van der Waals surface area contributed by atoms with E-state index in [4.69, 9.17) is 37.0 Å².